The quantitative estimate of drug-likeness (QED) is 0.759. The fourth-order valence-corrected chi connectivity index (χ4v) is 1.54. The summed E-state index contributed by atoms with van der Waals surface area (Å²) in [5.41, 5.74) is 6.56. The summed E-state index contributed by atoms with van der Waals surface area (Å²) in [5, 5.41) is 5.35. The molecule has 104 valence electrons. The SMILES string of the molecule is CC1Oc2ccc(NC(=O)[C@H](C)N)cc2NC1=O.Cl. The van der Waals surface area contributed by atoms with E-state index < -0.39 is 12.1 Å². The zero-order valence-electron chi connectivity index (χ0n) is 10.6. The summed E-state index contributed by atoms with van der Waals surface area (Å²) in [5.74, 6) is 0.0884. The van der Waals surface area contributed by atoms with Gasteiger partial charge in [-0.3, -0.25) is 9.59 Å². The topological polar surface area (TPSA) is 93.4 Å². The summed E-state index contributed by atoms with van der Waals surface area (Å²) < 4.78 is 5.40. The molecule has 0 bridgehead atoms. The highest BCUT2D eigenvalue weighted by atomic mass is 35.5. The van der Waals surface area contributed by atoms with E-state index in [9.17, 15) is 9.59 Å². The van der Waals surface area contributed by atoms with Crippen LogP contribution in [-0.2, 0) is 9.59 Å². The first-order valence-electron chi connectivity index (χ1n) is 5.65. The van der Waals surface area contributed by atoms with E-state index in [0.29, 0.717) is 17.1 Å². The molecule has 0 aromatic heterocycles. The Morgan fingerprint density at radius 3 is 2.84 bits per heavy atom. The van der Waals surface area contributed by atoms with Crippen molar-refractivity contribution in [1.29, 1.82) is 0 Å². The fourth-order valence-electron chi connectivity index (χ4n) is 1.54. The molecular weight excluding hydrogens is 270 g/mol. The number of amides is 2. The van der Waals surface area contributed by atoms with Crippen LogP contribution in [-0.4, -0.2) is 24.0 Å². The lowest BCUT2D eigenvalue weighted by Crippen LogP contribution is -2.35. The van der Waals surface area contributed by atoms with Crippen LogP contribution in [0.3, 0.4) is 0 Å². The van der Waals surface area contributed by atoms with Crippen molar-refractivity contribution in [3.8, 4) is 5.75 Å². The number of nitrogens with two attached hydrogens (primary N) is 1. The second kappa shape index (κ2) is 5.90. The van der Waals surface area contributed by atoms with Crippen LogP contribution in [0.4, 0.5) is 11.4 Å². The lowest BCUT2D eigenvalue weighted by molar-refractivity contribution is -0.122. The fraction of sp³-hybridized carbons (Fsp3) is 0.333. The third kappa shape index (κ3) is 3.36. The zero-order chi connectivity index (χ0) is 13.3. The predicted octanol–water partition coefficient (Wildman–Crippen LogP) is 1.11. The summed E-state index contributed by atoms with van der Waals surface area (Å²) in [6.45, 7) is 3.27. The molecule has 2 rings (SSSR count). The Morgan fingerprint density at radius 2 is 2.21 bits per heavy atom. The van der Waals surface area contributed by atoms with Gasteiger partial charge in [0.1, 0.15) is 5.75 Å². The molecule has 1 aromatic carbocycles. The molecule has 1 aliphatic rings. The van der Waals surface area contributed by atoms with Crippen LogP contribution in [0.1, 0.15) is 13.8 Å². The Bertz CT molecular complexity index is 505. The molecule has 0 saturated carbocycles. The summed E-state index contributed by atoms with van der Waals surface area (Å²) in [7, 11) is 0. The van der Waals surface area contributed by atoms with Crippen molar-refractivity contribution in [1.82, 2.24) is 0 Å². The smallest absolute Gasteiger partial charge is 0.265 e. The van der Waals surface area contributed by atoms with Gasteiger partial charge < -0.3 is 21.1 Å². The molecule has 1 aliphatic heterocycles. The predicted molar refractivity (Wildman–Crippen MR) is 74.7 cm³/mol. The number of carbonyl (C=O) groups excluding carboxylic acids is 2. The highest BCUT2D eigenvalue weighted by Crippen LogP contribution is 2.32. The van der Waals surface area contributed by atoms with Gasteiger partial charge in [0.2, 0.25) is 5.91 Å². The van der Waals surface area contributed by atoms with E-state index >= 15 is 0 Å². The van der Waals surface area contributed by atoms with Gasteiger partial charge in [-0.2, -0.15) is 0 Å². The van der Waals surface area contributed by atoms with Gasteiger partial charge in [-0.15, -0.1) is 12.4 Å². The van der Waals surface area contributed by atoms with Crippen LogP contribution in [0.25, 0.3) is 0 Å². The van der Waals surface area contributed by atoms with Gasteiger partial charge in [0.15, 0.2) is 6.10 Å². The van der Waals surface area contributed by atoms with Gasteiger partial charge in [0, 0.05) is 5.69 Å². The van der Waals surface area contributed by atoms with E-state index in [1.165, 1.54) is 0 Å². The number of rotatable bonds is 2. The maximum absolute atomic E-state index is 11.5. The zero-order valence-corrected chi connectivity index (χ0v) is 11.4. The van der Waals surface area contributed by atoms with Crippen molar-refractivity contribution >= 4 is 35.6 Å². The van der Waals surface area contributed by atoms with Gasteiger partial charge in [0.05, 0.1) is 11.7 Å². The number of fused-ring (bicyclic) bond motifs is 1. The van der Waals surface area contributed by atoms with Crippen molar-refractivity contribution in [3.63, 3.8) is 0 Å². The van der Waals surface area contributed by atoms with E-state index in [-0.39, 0.29) is 24.2 Å². The number of hydrogen-bond acceptors (Lipinski definition) is 4. The molecule has 4 N–H and O–H groups in total. The maximum Gasteiger partial charge on any atom is 0.265 e. The molecule has 2 amide bonds. The van der Waals surface area contributed by atoms with E-state index in [1.807, 2.05) is 0 Å². The molecule has 1 heterocycles. The van der Waals surface area contributed by atoms with Crippen molar-refractivity contribution in [2.75, 3.05) is 10.6 Å². The summed E-state index contributed by atoms with van der Waals surface area (Å²) in [6, 6.07) is 4.44. The summed E-state index contributed by atoms with van der Waals surface area (Å²) in [6.07, 6.45) is -0.512. The molecule has 2 atom stereocenters. The van der Waals surface area contributed by atoms with Gasteiger partial charge in [0.25, 0.3) is 5.91 Å². The average molecular weight is 286 g/mol. The van der Waals surface area contributed by atoms with Crippen LogP contribution < -0.4 is 21.1 Å². The molecule has 7 heteroatoms. The van der Waals surface area contributed by atoms with Gasteiger partial charge in [-0.05, 0) is 32.0 Å². The number of anilines is 2. The molecule has 0 saturated heterocycles. The monoisotopic (exact) mass is 285 g/mol. The van der Waals surface area contributed by atoms with E-state index in [1.54, 1.807) is 32.0 Å². The summed E-state index contributed by atoms with van der Waals surface area (Å²) in [4.78, 5) is 22.9. The lowest BCUT2D eigenvalue weighted by Gasteiger charge is -2.23. The maximum atomic E-state index is 11.5. The third-order valence-electron chi connectivity index (χ3n) is 2.59. The molecule has 0 aliphatic carbocycles. The Hall–Kier alpha value is -1.79. The Kier molecular flexibility index (Phi) is 4.74. The third-order valence-corrected chi connectivity index (χ3v) is 2.59. The van der Waals surface area contributed by atoms with Crippen LogP contribution in [0.15, 0.2) is 18.2 Å². The number of carbonyl (C=O) groups is 2. The minimum atomic E-state index is -0.591. The summed E-state index contributed by atoms with van der Waals surface area (Å²) >= 11 is 0. The van der Waals surface area contributed by atoms with Crippen molar-refractivity contribution in [2.45, 2.75) is 26.0 Å². The molecule has 1 aromatic rings. The van der Waals surface area contributed by atoms with Crippen LogP contribution in [0.5, 0.6) is 5.75 Å². The standard InChI is InChI=1S/C12H15N3O3.ClH/c1-6(13)11(16)14-8-3-4-10-9(5-8)15-12(17)7(2)18-10;/h3-7H,13H2,1-2H3,(H,14,16)(H,15,17);1H/t6-,7?;/m0./s1. The Balaban J connectivity index is 0.00000180. The second-order valence-corrected chi connectivity index (χ2v) is 4.24. The molecule has 19 heavy (non-hydrogen) atoms. The Morgan fingerprint density at radius 1 is 1.53 bits per heavy atom. The highest BCUT2D eigenvalue weighted by molar-refractivity contribution is 5.99. The van der Waals surface area contributed by atoms with Crippen LogP contribution in [0, 0.1) is 0 Å². The normalized spacial score (nSPS) is 18.3. The largest absolute Gasteiger partial charge is 0.479 e. The Labute approximate surface area is 117 Å². The minimum Gasteiger partial charge on any atom is -0.479 e. The first kappa shape index (κ1) is 15.3. The first-order chi connectivity index (χ1) is 8.47. The average Bonchev–Trinajstić information content (AvgIpc) is 2.31. The van der Waals surface area contributed by atoms with Crippen LogP contribution in [0.2, 0.25) is 0 Å². The highest BCUT2D eigenvalue weighted by Gasteiger charge is 2.23. The number of ether oxygens (including phenoxy) is 1. The molecule has 1 unspecified atom stereocenters. The first-order valence-corrected chi connectivity index (χ1v) is 5.65. The molecule has 0 fully saturated rings. The van der Waals surface area contributed by atoms with Crippen LogP contribution >= 0.6 is 12.4 Å². The number of halogens is 1. The molecule has 6 nitrogen and oxygen atoms in total. The van der Waals surface area contributed by atoms with E-state index in [0.717, 1.165) is 0 Å². The van der Waals surface area contributed by atoms with Gasteiger partial charge in [-0.1, -0.05) is 0 Å². The van der Waals surface area contributed by atoms with E-state index in [2.05, 4.69) is 10.6 Å². The number of benzene rings is 1. The van der Waals surface area contributed by atoms with Gasteiger partial charge in [-0.25, -0.2) is 0 Å². The van der Waals surface area contributed by atoms with Gasteiger partial charge >= 0.3 is 0 Å². The van der Waals surface area contributed by atoms with Crippen molar-refractivity contribution in [2.24, 2.45) is 5.73 Å². The molecule has 0 radical (unpaired) electrons. The number of hydrogen-bond donors (Lipinski definition) is 3. The second-order valence-electron chi connectivity index (χ2n) is 4.24. The lowest BCUT2D eigenvalue weighted by atomic mass is 10.2. The van der Waals surface area contributed by atoms with E-state index in [4.69, 9.17) is 10.5 Å². The van der Waals surface area contributed by atoms with Crippen molar-refractivity contribution < 1.29 is 14.3 Å². The van der Waals surface area contributed by atoms with Crippen molar-refractivity contribution in [3.05, 3.63) is 18.2 Å². The minimum absolute atomic E-state index is 0. The molecule has 0 spiro atoms. The molecular formula is C12H16ClN3O3. The number of nitrogens with one attached hydrogen (secondary N) is 2.